The van der Waals surface area contributed by atoms with E-state index >= 15 is 0 Å². The zero-order valence-electron chi connectivity index (χ0n) is 12.1. The molecule has 0 unspecified atom stereocenters. The number of nitrogens with zero attached hydrogens (tertiary/aromatic N) is 2. The number of aliphatic hydroxyl groups is 1. The third-order valence-electron chi connectivity index (χ3n) is 3.15. The number of carbonyl (C=O) groups excluding carboxylic acids is 1. The van der Waals surface area contributed by atoms with Crippen molar-refractivity contribution in [1.82, 2.24) is 14.9 Å². The lowest BCUT2D eigenvalue weighted by atomic mass is 10.0. The number of H-pyrrole nitrogens is 1. The van der Waals surface area contributed by atoms with Gasteiger partial charge < -0.3 is 15.0 Å². The van der Waals surface area contributed by atoms with Gasteiger partial charge in [-0.1, -0.05) is 17.9 Å². The zero-order valence-corrected chi connectivity index (χ0v) is 12.1. The van der Waals surface area contributed by atoms with E-state index < -0.39 is 0 Å². The molecule has 2 aromatic rings. The van der Waals surface area contributed by atoms with E-state index in [2.05, 4.69) is 21.8 Å². The van der Waals surface area contributed by atoms with Crippen LogP contribution in [0, 0.1) is 18.8 Å². The number of aromatic nitrogens is 2. The van der Waals surface area contributed by atoms with Gasteiger partial charge in [0, 0.05) is 30.6 Å². The van der Waals surface area contributed by atoms with E-state index in [1.54, 1.807) is 36.5 Å². The molecule has 0 bridgehead atoms. The first-order valence-corrected chi connectivity index (χ1v) is 6.56. The van der Waals surface area contributed by atoms with Crippen LogP contribution in [0.25, 0.3) is 0 Å². The van der Waals surface area contributed by atoms with Crippen molar-refractivity contribution in [3.8, 4) is 11.8 Å². The average molecular weight is 283 g/mol. The Morgan fingerprint density at radius 1 is 1.48 bits per heavy atom. The van der Waals surface area contributed by atoms with E-state index in [1.165, 1.54) is 0 Å². The molecule has 0 fully saturated rings. The Hall–Kier alpha value is -2.58. The normalized spacial score (nSPS) is 9.86. The Balaban J connectivity index is 2.22. The monoisotopic (exact) mass is 283 g/mol. The molecule has 2 N–H and O–H groups in total. The number of benzene rings is 1. The first kappa shape index (κ1) is 14.8. The van der Waals surface area contributed by atoms with E-state index in [9.17, 15) is 4.79 Å². The van der Waals surface area contributed by atoms with Gasteiger partial charge >= 0.3 is 0 Å². The van der Waals surface area contributed by atoms with E-state index in [1.807, 2.05) is 13.0 Å². The van der Waals surface area contributed by atoms with Gasteiger partial charge in [-0.15, -0.1) is 0 Å². The number of amides is 1. The summed E-state index contributed by atoms with van der Waals surface area (Å²) >= 11 is 0. The summed E-state index contributed by atoms with van der Waals surface area (Å²) in [6.45, 7) is 2.07. The van der Waals surface area contributed by atoms with Gasteiger partial charge in [-0.05, 0) is 24.6 Å². The lowest BCUT2D eigenvalue weighted by Crippen LogP contribution is -2.27. The number of nitrogens with one attached hydrogen (secondary N) is 1. The molecule has 1 aromatic carbocycles. The lowest BCUT2D eigenvalue weighted by Gasteiger charge is -2.17. The molecule has 1 heterocycles. The molecular formula is C16H17N3O2. The van der Waals surface area contributed by atoms with E-state index in [0.29, 0.717) is 12.1 Å². The number of rotatable bonds is 3. The first-order chi connectivity index (χ1) is 10.1. The highest BCUT2D eigenvalue weighted by atomic mass is 16.2. The highest BCUT2D eigenvalue weighted by Crippen LogP contribution is 2.15. The van der Waals surface area contributed by atoms with Crippen LogP contribution in [0.4, 0.5) is 0 Å². The summed E-state index contributed by atoms with van der Waals surface area (Å²) in [7, 11) is 1.73. The predicted octanol–water partition coefficient (Wildman–Crippen LogP) is 1.33. The molecule has 0 saturated carbocycles. The maximum atomic E-state index is 12.5. The molecule has 1 amide bonds. The Kier molecular flexibility index (Phi) is 4.75. The molecule has 0 aliphatic carbocycles. The fourth-order valence-corrected chi connectivity index (χ4v) is 2.02. The molecule has 5 heteroatoms. The zero-order chi connectivity index (χ0) is 15.2. The van der Waals surface area contributed by atoms with E-state index in [-0.39, 0.29) is 12.5 Å². The van der Waals surface area contributed by atoms with Crippen LogP contribution in [0.15, 0.2) is 30.6 Å². The maximum absolute atomic E-state index is 12.5. The van der Waals surface area contributed by atoms with Gasteiger partial charge in [-0.25, -0.2) is 4.98 Å². The summed E-state index contributed by atoms with van der Waals surface area (Å²) in [6.07, 6.45) is 3.38. The van der Waals surface area contributed by atoms with Crippen LogP contribution in [0.3, 0.4) is 0 Å². The van der Waals surface area contributed by atoms with Crippen molar-refractivity contribution in [1.29, 1.82) is 0 Å². The third kappa shape index (κ3) is 3.50. The number of hydrogen-bond acceptors (Lipinski definition) is 3. The van der Waals surface area contributed by atoms with Crippen LogP contribution in [-0.4, -0.2) is 39.5 Å². The molecule has 0 aliphatic heterocycles. The van der Waals surface area contributed by atoms with Crippen LogP contribution < -0.4 is 0 Å². The third-order valence-corrected chi connectivity index (χ3v) is 3.15. The summed E-state index contributed by atoms with van der Waals surface area (Å²) in [5.41, 5.74) is 2.17. The van der Waals surface area contributed by atoms with Crippen LogP contribution in [0.5, 0.6) is 0 Å². The van der Waals surface area contributed by atoms with Crippen molar-refractivity contribution in [3.63, 3.8) is 0 Å². The van der Waals surface area contributed by atoms with Crippen LogP contribution in [0.2, 0.25) is 0 Å². The molecule has 0 aliphatic rings. The second-order valence-electron chi connectivity index (χ2n) is 4.64. The summed E-state index contributed by atoms with van der Waals surface area (Å²) < 4.78 is 0. The van der Waals surface area contributed by atoms with Crippen molar-refractivity contribution < 1.29 is 9.90 Å². The minimum absolute atomic E-state index is 0.0865. The fourth-order valence-electron chi connectivity index (χ4n) is 2.02. The molecule has 5 nitrogen and oxygen atoms in total. The van der Waals surface area contributed by atoms with Crippen molar-refractivity contribution in [3.05, 3.63) is 53.1 Å². The molecule has 0 saturated heterocycles. The second-order valence-corrected chi connectivity index (χ2v) is 4.64. The smallest absolute Gasteiger partial charge is 0.254 e. The minimum atomic E-state index is -0.198. The topological polar surface area (TPSA) is 69.2 Å². The van der Waals surface area contributed by atoms with Crippen LogP contribution in [-0.2, 0) is 6.54 Å². The first-order valence-electron chi connectivity index (χ1n) is 6.56. The van der Waals surface area contributed by atoms with Crippen molar-refractivity contribution in [2.24, 2.45) is 0 Å². The molecule has 1 aromatic heterocycles. The maximum Gasteiger partial charge on any atom is 0.254 e. The Morgan fingerprint density at radius 2 is 2.29 bits per heavy atom. The van der Waals surface area contributed by atoms with Gasteiger partial charge in [0.2, 0.25) is 0 Å². The summed E-state index contributed by atoms with van der Waals surface area (Å²) in [6, 6.07) is 5.41. The summed E-state index contributed by atoms with van der Waals surface area (Å²) in [5, 5.41) is 8.77. The fraction of sp³-hybridized carbons (Fsp3) is 0.250. The highest BCUT2D eigenvalue weighted by Gasteiger charge is 2.16. The lowest BCUT2D eigenvalue weighted by molar-refractivity contribution is 0.0781. The quantitative estimate of drug-likeness (QED) is 0.835. The van der Waals surface area contributed by atoms with Gasteiger partial charge in [0.15, 0.2) is 0 Å². The molecule has 0 radical (unpaired) electrons. The van der Waals surface area contributed by atoms with Crippen molar-refractivity contribution in [2.45, 2.75) is 13.5 Å². The standard InChI is InChI=1S/C16H17N3O2/c1-12-13(6-4-10-20)5-3-7-14(12)16(21)19(2)11-15-17-8-9-18-15/h3,5,7-9,20H,10-11H2,1-2H3,(H,17,18). The van der Waals surface area contributed by atoms with Crippen molar-refractivity contribution >= 4 is 5.91 Å². The predicted molar refractivity (Wildman–Crippen MR) is 79.5 cm³/mol. The molecule has 108 valence electrons. The van der Waals surface area contributed by atoms with Gasteiger partial charge in [-0.2, -0.15) is 0 Å². The molecule has 0 spiro atoms. The number of aliphatic hydroxyl groups excluding tert-OH is 1. The van der Waals surface area contributed by atoms with Crippen LogP contribution >= 0.6 is 0 Å². The Labute approximate surface area is 123 Å². The highest BCUT2D eigenvalue weighted by molar-refractivity contribution is 5.96. The summed E-state index contributed by atoms with van der Waals surface area (Å²) in [4.78, 5) is 21.2. The summed E-state index contributed by atoms with van der Waals surface area (Å²) in [5.74, 6) is 6.11. The molecule has 2 rings (SSSR count). The molecule has 21 heavy (non-hydrogen) atoms. The molecular weight excluding hydrogens is 266 g/mol. The average Bonchev–Trinajstić information content (AvgIpc) is 2.98. The van der Waals surface area contributed by atoms with Crippen LogP contribution in [0.1, 0.15) is 27.3 Å². The largest absolute Gasteiger partial charge is 0.384 e. The van der Waals surface area contributed by atoms with Gasteiger partial charge in [0.05, 0.1) is 6.54 Å². The van der Waals surface area contributed by atoms with Crippen molar-refractivity contribution in [2.75, 3.05) is 13.7 Å². The Bertz CT molecular complexity index is 681. The number of carbonyl (C=O) groups is 1. The van der Waals surface area contributed by atoms with E-state index in [0.717, 1.165) is 17.0 Å². The number of imidazole rings is 1. The minimum Gasteiger partial charge on any atom is -0.384 e. The number of aromatic amines is 1. The Morgan fingerprint density at radius 3 is 2.95 bits per heavy atom. The van der Waals surface area contributed by atoms with Gasteiger partial charge in [0.25, 0.3) is 5.91 Å². The van der Waals surface area contributed by atoms with Gasteiger partial charge in [0.1, 0.15) is 12.4 Å². The number of hydrogen-bond donors (Lipinski definition) is 2. The molecule has 0 atom stereocenters. The SMILES string of the molecule is Cc1c(C#CCO)cccc1C(=O)N(C)Cc1ncc[nH]1. The second kappa shape index (κ2) is 6.73. The van der Waals surface area contributed by atoms with Gasteiger partial charge in [-0.3, -0.25) is 4.79 Å². The van der Waals surface area contributed by atoms with E-state index in [4.69, 9.17) is 5.11 Å².